The smallest absolute Gasteiger partial charge is 0.243 e. The van der Waals surface area contributed by atoms with Crippen LogP contribution in [-0.4, -0.2) is 63.4 Å². The van der Waals surface area contributed by atoms with E-state index in [1.807, 2.05) is 0 Å². The van der Waals surface area contributed by atoms with Gasteiger partial charge in [-0.05, 0) is 62.9 Å². The van der Waals surface area contributed by atoms with Crippen LogP contribution in [0, 0.1) is 5.92 Å². The lowest BCUT2D eigenvalue weighted by Gasteiger charge is -2.29. The number of hydrogen-bond donors (Lipinski definition) is 1. The summed E-state index contributed by atoms with van der Waals surface area (Å²) >= 11 is 0. The number of hydrogen-bond acceptors (Lipinski definition) is 5. The van der Waals surface area contributed by atoms with Gasteiger partial charge in [0.15, 0.2) is 0 Å². The molecule has 0 radical (unpaired) electrons. The molecular formula is C21H33N3O4S. The summed E-state index contributed by atoms with van der Waals surface area (Å²) in [5.41, 5.74) is 0.402. The summed E-state index contributed by atoms with van der Waals surface area (Å²) in [6, 6.07) is 4.69. The van der Waals surface area contributed by atoms with E-state index in [0.717, 1.165) is 51.6 Å². The van der Waals surface area contributed by atoms with Crippen molar-refractivity contribution in [3.63, 3.8) is 0 Å². The van der Waals surface area contributed by atoms with Gasteiger partial charge in [-0.1, -0.05) is 19.8 Å². The molecule has 3 rings (SSSR count). The number of ether oxygens (including phenoxy) is 1. The summed E-state index contributed by atoms with van der Waals surface area (Å²) in [6.45, 7) is 5.45. The van der Waals surface area contributed by atoms with Gasteiger partial charge in [0, 0.05) is 13.1 Å². The van der Waals surface area contributed by atoms with Crippen LogP contribution in [0.15, 0.2) is 23.1 Å². The molecule has 2 aliphatic rings. The number of amides is 1. The number of anilines is 1. The third-order valence-electron chi connectivity index (χ3n) is 5.89. The Morgan fingerprint density at radius 3 is 2.38 bits per heavy atom. The molecule has 2 saturated heterocycles. The van der Waals surface area contributed by atoms with Gasteiger partial charge in [0.25, 0.3) is 0 Å². The quantitative estimate of drug-likeness (QED) is 0.761. The number of carbonyl (C=O) groups excluding carboxylic acids is 1. The van der Waals surface area contributed by atoms with Crippen LogP contribution in [0.1, 0.15) is 45.4 Å². The zero-order valence-electron chi connectivity index (χ0n) is 17.5. The number of carbonyl (C=O) groups is 1. The van der Waals surface area contributed by atoms with E-state index in [-0.39, 0.29) is 10.8 Å². The molecule has 2 fully saturated rings. The fourth-order valence-electron chi connectivity index (χ4n) is 3.99. The molecule has 2 aliphatic heterocycles. The van der Waals surface area contributed by atoms with E-state index in [2.05, 4.69) is 17.1 Å². The highest BCUT2D eigenvalue weighted by Crippen LogP contribution is 2.30. The van der Waals surface area contributed by atoms with Crippen LogP contribution in [0.2, 0.25) is 0 Å². The minimum Gasteiger partial charge on any atom is -0.495 e. The molecule has 0 aromatic heterocycles. The van der Waals surface area contributed by atoms with Crippen molar-refractivity contribution in [3.8, 4) is 5.75 Å². The highest BCUT2D eigenvalue weighted by Gasteiger charge is 2.26. The number of nitrogens with zero attached hydrogens (tertiary/aromatic N) is 2. The fourth-order valence-corrected chi connectivity index (χ4v) is 5.53. The van der Waals surface area contributed by atoms with Crippen molar-refractivity contribution in [2.75, 3.05) is 45.2 Å². The molecule has 162 valence electrons. The molecule has 0 spiro atoms. The van der Waals surface area contributed by atoms with Crippen LogP contribution in [-0.2, 0) is 14.8 Å². The Hall–Kier alpha value is -1.64. The first-order valence-corrected chi connectivity index (χ1v) is 12.0. The van der Waals surface area contributed by atoms with E-state index in [1.54, 1.807) is 16.4 Å². The molecule has 0 bridgehead atoms. The maximum atomic E-state index is 13.1. The van der Waals surface area contributed by atoms with Gasteiger partial charge in [-0.3, -0.25) is 9.69 Å². The molecule has 8 heteroatoms. The first-order chi connectivity index (χ1) is 13.9. The molecule has 1 aromatic carbocycles. The SMILES string of the molecule is COc1ccc(S(=O)(=O)N2CCCCCC2)cc1NC(=O)CN1CCC(C)CC1. The summed E-state index contributed by atoms with van der Waals surface area (Å²) in [6.07, 6.45) is 6.08. The zero-order valence-corrected chi connectivity index (χ0v) is 18.3. The van der Waals surface area contributed by atoms with Gasteiger partial charge in [0.1, 0.15) is 5.75 Å². The van der Waals surface area contributed by atoms with Gasteiger partial charge in [0.2, 0.25) is 15.9 Å². The highest BCUT2D eigenvalue weighted by atomic mass is 32.2. The predicted molar refractivity (Wildman–Crippen MR) is 114 cm³/mol. The van der Waals surface area contributed by atoms with E-state index in [9.17, 15) is 13.2 Å². The molecular weight excluding hydrogens is 390 g/mol. The predicted octanol–water partition coefficient (Wildman–Crippen LogP) is 2.93. The average Bonchev–Trinajstić information content (AvgIpc) is 3.00. The van der Waals surface area contributed by atoms with Gasteiger partial charge in [-0.2, -0.15) is 4.31 Å². The van der Waals surface area contributed by atoms with E-state index in [1.165, 1.54) is 13.2 Å². The van der Waals surface area contributed by atoms with E-state index < -0.39 is 10.0 Å². The summed E-state index contributed by atoms with van der Waals surface area (Å²) in [5, 5.41) is 2.86. The average molecular weight is 424 g/mol. The van der Waals surface area contributed by atoms with Crippen LogP contribution < -0.4 is 10.1 Å². The Balaban J connectivity index is 1.73. The minimum absolute atomic E-state index is 0.151. The lowest BCUT2D eigenvalue weighted by molar-refractivity contribution is -0.117. The van der Waals surface area contributed by atoms with Gasteiger partial charge in [0.05, 0.1) is 24.2 Å². The fraction of sp³-hybridized carbons (Fsp3) is 0.667. The normalized spacial score (nSPS) is 20.2. The number of benzene rings is 1. The van der Waals surface area contributed by atoms with Crippen LogP contribution in [0.3, 0.4) is 0 Å². The van der Waals surface area contributed by atoms with Crippen molar-refractivity contribution >= 4 is 21.6 Å². The molecule has 29 heavy (non-hydrogen) atoms. The van der Waals surface area contributed by atoms with E-state index >= 15 is 0 Å². The monoisotopic (exact) mass is 423 g/mol. The Morgan fingerprint density at radius 1 is 1.10 bits per heavy atom. The second kappa shape index (κ2) is 9.91. The van der Waals surface area contributed by atoms with Crippen LogP contribution >= 0.6 is 0 Å². The summed E-state index contributed by atoms with van der Waals surface area (Å²) in [7, 11) is -2.07. The van der Waals surface area contributed by atoms with Crippen LogP contribution in [0.5, 0.6) is 5.75 Å². The topological polar surface area (TPSA) is 79.0 Å². The van der Waals surface area contributed by atoms with Crippen LogP contribution in [0.25, 0.3) is 0 Å². The second-order valence-electron chi connectivity index (χ2n) is 8.19. The molecule has 0 unspecified atom stereocenters. The van der Waals surface area contributed by atoms with E-state index in [0.29, 0.717) is 37.0 Å². The van der Waals surface area contributed by atoms with Gasteiger partial charge in [-0.15, -0.1) is 0 Å². The largest absolute Gasteiger partial charge is 0.495 e. The van der Waals surface area contributed by atoms with Gasteiger partial charge in [-0.25, -0.2) is 8.42 Å². The van der Waals surface area contributed by atoms with Crippen molar-refractivity contribution in [1.82, 2.24) is 9.21 Å². The van der Waals surface area contributed by atoms with Crippen molar-refractivity contribution in [2.24, 2.45) is 5.92 Å². The molecule has 0 aliphatic carbocycles. The Labute approximate surface area is 174 Å². The first kappa shape index (κ1) is 22.1. The minimum atomic E-state index is -3.59. The lowest BCUT2D eigenvalue weighted by Crippen LogP contribution is -2.38. The first-order valence-electron chi connectivity index (χ1n) is 10.6. The number of rotatable bonds is 6. The Bertz CT molecular complexity index is 796. The second-order valence-corrected chi connectivity index (χ2v) is 10.1. The Morgan fingerprint density at radius 2 is 1.76 bits per heavy atom. The molecule has 2 heterocycles. The molecule has 1 amide bonds. The van der Waals surface area contributed by atoms with E-state index in [4.69, 9.17) is 4.74 Å². The third kappa shape index (κ3) is 5.71. The third-order valence-corrected chi connectivity index (χ3v) is 7.79. The molecule has 1 aromatic rings. The maximum absolute atomic E-state index is 13.1. The van der Waals surface area contributed by atoms with Crippen molar-refractivity contribution in [3.05, 3.63) is 18.2 Å². The zero-order chi connectivity index (χ0) is 20.9. The Kier molecular flexibility index (Phi) is 7.54. The van der Waals surface area contributed by atoms with Gasteiger partial charge < -0.3 is 10.1 Å². The summed E-state index contributed by atoms with van der Waals surface area (Å²) in [5.74, 6) is 1.01. The molecule has 1 N–H and O–H groups in total. The molecule has 0 atom stereocenters. The molecule has 0 saturated carbocycles. The number of methoxy groups -OCH3 is 1. The summed E-state index contributed by atoms with van der Waals surface area (Å²) in [4.78, 5) is 14.9. The van der Waals surface area contributed by atoms with Crippen molar-refractivity contribution < 1.29 is 17.9 Å². The highest BCUT2D eigenvalue weighted by molar-refractivity contribution is 7.89. The standard InChI is InChI=1S/C21H33N3O4S/c1-17-9-13-23(14-10-17)16-21(25)22-19-15-18(7-8-20(19)28-2)29(26,27)24-11-5-3-4-6-12-24/h7-8,15,17H,3-6,9-14,16H2,1-2H3,(H,22,25). The van der Waals surface area contributed by atoms with Crippen LogP contribution in [0.4, 0.5) is 5.69 Å². The van der Waals surface area contributed by atoms with Gasteiger partial charge >= 0.3 is 0 Å². The van der Waals surface area contributed by atoms with Crippen molar-refractivity contribution in [2.45, 2.75) is 50.3 Å². The number of piperidine rings is 1. The lowest BCUT2D eigenvalue weighted by atomic mass is 9.99. The molecule has 7 nitrogen and oxygen atoms in total. The number of sulfonamides is 1. The number of likely N-dealkylation sites (tertiary alicyclic amines) is 1. The number of nitrogens with one attached hydrogen (secondary N) is 1. The maximum Gasteiger partial charge on any atom is 0.243 e. The van der Waals surface area contributed by atoms with Crippen molar-refractivity contribution in [1.29, 1.82) is 0 Å². The summed E-state index contributed by atoms with van der Waals surface area (Å²) < 4.78 is 33.1.